The monoisotopic (exact) mass is 556 g/mol. The number of carbonyl (C=O) groups is 2. The number of fused-ring (bicyclic) bond motifs is 1. The number of carbonyl (C=O) groups excluding carboxylic acids is 1. The molecule has 4 rings (SSSR count). The van der Waals surface area contributed by atoms with E-state index in [1.807, 2.05) is 37.3 Å². The van der Waals surface area contributed by atoms with Crippen molar-refractivity contribution in [2.45, 2.75) is 65.0 Å². The van der Waals surface area contributed by atoms with Crippen molar-refractivity contribution in [1.29, 1.82) is 0 Å². The van der Waals surface area contributed by atoms with E-state index in [-0.39, 0.29) is 43.5 Å². The van der Waals surface area contributed by atoms with Gasteiger partial charge in [-0.05, 0) is 64.0 Å². The minimum atomic E-state index is -2.57. The maximum absolute atomic E-state index is 12.9. The molecule has 1 aromatic carbocycles. The van der Waals surface area contributed by atoms with Gasteiger partial charge in [0.2, 0.25) is 5.71 Å². The van der Waals surface area contributed by atoms with Crippen molar-refractivity contribution in [1.82, 2.24) is 14.6 Å². The van der Waals surface area contributed by atoms with Gasteiger partial charge in [0.25, 0.3) is 5.91 Å². The fourth-order valence-corrected chi connectivity index (χ4v) is 5.05. The Kier molecular flexibility index (Phi) is 8.55. The number of benzene rings is 1. The number of pyridine rings is 1. The SMILES string of the molecule is CNC(=O)c1c(-c2ccc(C)cc2)oc2nc(CN(CCCC(O)C(C)(C)C(=O)O)S(=O)[O-])c(C3CC3)cc12. The van der Waals surface area contributed by atoms with Crippen molar-refractivity contribution in [3.8, 4) is 11.3 Å². The minimum Gasteiger partial charge on any atom is -0.760 e. The number of carboxylic acids is 1. The van der Waals surface area contributed by atoms with E-state index in [9.17, 15) is 28.6 Å². The van der Waals surface area contributed by atoms with Crippen LogP contribution >= 0.6 is 0 Å². The van der Waals surface area contributed by atoms with E-state index >= 15 is 0 Å². The Labute approximate surface area is 229 Å². The number of amides is 1. The van der Waals surface area contributed by atoms with Gasteiger partial charge in [-0.15, -0.1) is 0 Å². The van der Waals surface area contributed by atoms with E-state index < -0.39 is 28.8 Å². The number of aliphatic hydroxyl groups excluding tert-OH is 1. The largest absolute Gasteiger partial charge is 0.760 e. The average Bonchev–Trinajstić information content (AvgIpc) is 3.67. The molecule has 0 bridgehead atoms. The van der Waals surface area contributed by atoms with Crippen LogP contribution in [-0.2, 0) is 22.6 Å². The highest BCUT2D eigenvalue weighted by atomic mass is 32.2. The molecule has 2 atom stereocenters. The Morgan fingerprint density at radius 1 is 1.28 bits per heavy atom. The van der Waals surface area contributed by atoms with Gasteiger partial charge in [-0.1, -0.05) is 29.8 Å². The quantitative estimate of drug-likeness (QED) is 0.284. The molecule has 0 aliphatic heterocycles. The molecule has 3 aromatic rings. The molecule has 210 valence electrons. The molecule has 2 aromatic heterocycles. The van der Waals surface area contributed by atoms with Crippen LogP contribution in [0.4, 0.5) is 0 Å². The number of aryl methyl sites for hydroxylation is 1. The van der Waals surface area contributed by atoms with Crippen LogP contribution in [0.25, 0.3) is 22.4 Å². The summed E-state index contributed by atoms with van der Waals surface area (Å²) in [7, 11) is 1.56. The van der Waals surface area contributed by atoms with Crippen LogP contribution in [-0.4, -0.2) is 59.8 Å². The Bertz CT molecular complexity index is 1400. The predicted octanol–water partition coefficient (Wildman–Crippen LogP) is 3.89. The van der Waals surface area contributed by atoms with E-state index in [4.69, 9.17) is 9.40 Å². The Morgan fingerprint density at radius 2 is 1.95 bits per heavy atom. The van der Waals surface area contributed by atoms with Gasteiger partial charge in [0.05, 0.1) is 34.7 Å². The smallest absolute Gasteiger partial charge is 0.311 e. The Morgan fingerprint density at radius 3 is 2.51 bits per heavy atom. The third kappa shape index (κ3) is 6.22. The molecule has 0 spiro atoms. The molecule has 3 N–H and O–H groups in total. The number of carboxylic acid groups (broad SMARTS) is 1. The third-order valence-corrected chi connectivity index (χ3v) is 8.12. The predicted molar refractivity (Wildman–Crippen MR) is 146 cm³/mol. The van der Waals surface area contributed by atoms with E-state index in [0.717, 1.165) is 29.5 Å². The van der Waals surface area contributed by atoms with E-state index in [1.54, 1.807) is 7.05 Å². The lowest BCUT2D eigenvalue weighted by atomic mass is 9.84. The van der Waals surface area contributed by atoms with Crippen molar-refractivity contribution >= 4 is 34.2 Å². The molecular formula is C28H34N3O7S-. The second-order valence-electron chi connectivity index (χ2n) is 10.7. The van der Waals surface area contributed by atoms with Gasteiger partial charge in [-0.25, -0.2) is 9.29 Å². The van der Waals surface area contributed by atoms with Crippen LogP contribution in [0.15, 0.2) is 34.7 Å². The lowest BCUT2D eigenvalue weighted by Gasteiger charge is -2.28. The molecule has 1 aliphatic carbocycles. The van der Waals surface area contributed by atoms with Gasteiger partial charge < -0.3 is 24.5 Å². The first-order valence-corrected chi connectivity index (χ1v) is 14.0. The van der Waals surface area contributed by atoms with Crippen LogP contribution in [0.1, 0.15) is 72.6 Å². The summed E-state index contributed by atoms with van der Waals surface area (Å²) in [5.74, 6) is -0.807. The summed E-state index contributed by atoms with van der Waals surface area (Å²) < 4.78 is 31.6. The number of aromatic nitrogens is 1. The third-order valence-electron chi connectivity index (χ3n) is 7.39. The van der Waals surface area contributed by atoms with Crippen molar-refractivity contribution in [3.05, 3.63) is 52.7 Å². The van der Waals surface area contributed by atoms with Gasteiger partial charge in [-0.3, -0.25) is 13.8 Å². The van der Waals surface area contributed by atoms with Crippen molar-refractivity contribution < 1.29 is 33.0 Å². The maximum Gasteiger partial charge on any atom is 0.311 e. The lowest BCUT2D eigenvalue weighted by molar-refractivity contribution is -0.153. The van der Waals surface area contributed by atoms with Gasteiger partial charge >= 0.3 is 5.97 Å². The molecule has 1 saturated carbocycles. The van der Waals surface area contributed by atoms with Gasteiger partial charge in [0.1, 0.15) is 5.76 Å². The van der Waals surface area contributed by atoms with Crippen LogP contribution in [0.2, 0.25) is 0 Å². The fourth-order valence-electron chi connectivity index (χ4n) is 4.55. The zero-order chi connectivity index (χ0) is 28.5. The highest BCUT2D eigenvalue weighted by molar-refractivity contribution is 7.76. The molecule has 1 amide bonds. The number of nitrogens with zero attached hydrogens (tertiary/aromatic N) is 2. The second-order valence-corrected chi connectivity index (χ2v) is 11.6. The molecule has 1 aliphatic rings. The highest BCUT2D eigenvalue weighted by Gasteiger charge is 2.35. The summed E-state index contributed by atoms with van der Waals surface area (Å²) in [6.07, 6.45) is 1.15. The summed E-state index contributed by atoms with van der Waals surface area (Å²) in [6, 6.07) is 9.52. The normalized spacial score (nSPS) is 15.5. The molecule has 2 heterocycles. The number of hydrogen-bond donors (Lipinski definition) is 3. The summed E-state index contributed by atoms with van der Waals surface area (Å²) in [5, 5.41) is 22.9. The Hall–Kier alpha value is -3.12. The summed E-state index contributed by atoms with van der Waals surface area (Å²) in [6.45, 7) is 4.92. The topological polar surface area (TPSA) is 156 Å². The van der Waals surface area contributed by atoms with Crippen LogP contribution < -0.4 is 5.32 Å². The summed E-state index contributed by atoms with van der Waals surface area (Å²) in [4.78, 5) is 29.1. The number of aliphatic carboxylic acids is 1. The summed E-state index contributed by atoms with van der Waals surface area (Å²) in [5.41, 5.74) is 2.52. The molecule has 0 radical (unpaired) electrons. The molecular weight excluding hydrogens is 522 g/mol. The minimum absolute atomic E-state index is 0.00776. The maximum atomic E-state index is 12.9. The fraction of sp³-hybridized carbons (Fsp3) is 0.464. The van der Waals surface area contributed by atoms with Crippen LogP contribution in [0.3, 0.4) is 0 Å². The molecule has 10 nitrogen and oxygen atoms in total. The molecule has 11 heteroatoms. The van der Waals surface area contributed by atoms with Crippen molar-refractivity contribution in [3.63, 3.8) is 0 Å². The standard InChI is InChI=1S/C28H35N3O7S/c1-16-7-9-18(10-8-16)24-23(25(33)29-4)20-14-19(17-11-12-17)21(30-26(20)38-24)15-31(39(36)37)13-5-6-22(32)28(2,3)27(34)35/h7-10,14,17,22,32H,5-6,11-13,15H2,1-4H3,(H,29,33)(H,34,35)(H,36,37)/p-1. The van der Waals surface area contributed by atoms with E-state index in [0.29, 0.717) is 22.4 Å². The summed E-state index contributed by atoms with van der Waals surface area (Å²) >= 11 is -2.57. The first-order chi connectivity index (χ1) is 18.4. The van der Waals surface area contributed by atoms with E-state index in [2.05, 4.69) is 5.32 Å². The average molecular weight is 557 g/mol. The highest BCUT2D eigenvalue weighted by Crippen LogP contribution is 2.44. The second kappa shape index (κ2) is 11.5. The van der Waals surface area contributed by atoms with Crippen molar-refractivity contribution in [2.24, 2.45) is 5.41 Å². The molecule has 0 saturated heterocycles. The van der Waals surface area contributed by atoms with Gasteiger partial charge in [-0.2, -0.15) is 0 Å². The molecule has 1 fully saturated rings. The zero-order valence-corrected chi connectivity index (χ0v) is 23.3. The van der Waals surface area contributed by atoms with Gasteiger partial charge in [0, 0.05) is 30.4 Å². The first kappa shape index (κ1) is 28.9. The van der Waals surface area contributed by atoms with Crippen LogP contribution in [0.5, 0.6) is 0 Å². The number of rotatable bonds is 12. The van der Waals surface area contributed by atoms with Crippen molar-refractivity contribution in [2.75, 3.05) is 13.6 Å². The van der Waals surface area contributed by atoms with Gasteiger partial charge in [0.15, 0.2) is 0 Å². The number of nitrogens with one attached hydrogen (secondary N) is 1. The Balaban J connectivity index is 1.66. The zero-order valence-electron chi connectivity index (χ0n) is 22.5. The molecule has 39 heavy (non-hydrogen) atoms. The number of hydrogen-bond acceptors (Lipinski definition) is 7. The van der Waals surface area contributed by atoms with E-state index in [1.165, 1.54) is 18.2 Å². The molecule has 2 unspecified atom stereocenters. The first-order valence-electron chi connectivity index (χ1n) is 12.9. The number of aliphatic hydroxyl groups is 1. The van der Waals surface area contributed by atoms with Crippen LogP contribution in [0, 0.1) is 12.3 Å². The number of furan rings is 1. The lowest BCUT2D eigenvalue weighted by Crippen LogP contribution is -2.37.